The molecule has 0 amide bonds. The summed E-state index contributed by atoms with van der Waals surface area (Å²) in [7, 11) is 0. The number of pyridine rings is 1. The topological polar surface area (TPSA) is 56.7 Å². The van der Waals surface area contributed by atoms with Crippen LogP contribution in [0.25, 0.3) is 0 Å². The van der Waals surface area contributed by atoms with E-state index in [1.54, 1.807) is 12.4 Å². The fraction of sp³-hybridized carbons (Fsp3) is 0.273. The lowest BCUT2D eigenvalue weighted by Gasteiger charge is -2.06. The summed E-state index contributed by atoms with van der Waals surface area (Å²) in [5, 5.41) is 0. The van der Waals surface area contributed by atoms with E-state index >= 15 is 0 Å². The van der Waals surface area contributed by atoms with Crippen molar-refractivity contribution in [2.24, 2.45) is 5.73 Å². The van der Waals surface area contributed by atoms with Crippen LogP contribution in [0.1, 0.15) is 11.3 Å². The SMILES string of the molecule is NCCc1cncn1Cc1ccncc1. The summed E-state index contributed by atoms with van der Waals surface area (Å²) in [6.45, 7) is 1.49. The summed E-state index contributed by atoms with van der Waals surface area (Å²) in [5.74, 6) is 0. The average Bonchev–Trinajstić information content (AvgIpc) is 2.68. The Morgan fingerprint density at radius 2 is 2.00 bits per heavy atom. The van der Waals surface area contributed by atoms with Crippen molar-refractivity contribution in [2.45, 2.75) is 13.0 Å². The molecule has 78 valence electrons. The fourth-order valence-electron chi connectivity index (χ4n) is 1.53. The first-order valence-corrected chi connectivity index (χ1v) is 4.98. The van der Waals surface area contributed by atoms with E-state index in [0.717, 1.165) is 13.0 Å². The molecule has 0 atom stereocenters. The molecule has 4 nitrogen and oxygen atoms in total. The van der Waals surface area contributed by atoms with Crippen LogP contribution in [0.2, 0.25) is 0 Å². The highest BCUT2D eigenvalue weighted by Crippen LogP contribution is 2.05. The lowest BCUT2D eigenvalue weighted by Crippen LogP contribution is -2.09. The second kappa shape index (κ2) is 4.70. The lowest BCUT2D eigenvalue weighted by atomic mass is 10.2. The number of hydrogen-bond donors (Lipinski definition) is 1. The number of nitrogens with two attached hydrogens (primary N) is 1. The van der Waals surface area contributed by atoms with Crippen LogP contribution in [0, 0.1) is 0 Å². The van der Waals surface area contributed by atoms with Gasteiger partial charge in [-0.3, -0.25) is 4.98 Å². The predicted molar refractivity (Wildman–Crippen MR) is 58.3 cm³/mol. The molecule has 2 rings (SSSR count). The van der Waals surface area contributed by atoms with Gasteiger partial charge in [0.25, 0.3) is 0 Å². The zero-order chi connectivity index (χ0) is 10.5. The summed E-state index contributed by atoms with van der Waals surface area (Å²) in [4.78, 5) is 8.12. The normalized spacial score (nSPS) is 10.5. The zero-order valence-corrected chi connectivity index (χ0v) is 8.50. The van der Waals surface area contributed by atoms with Gasteiger partial charge in [0.05, 0.1) is 6.33 Å². The van der Waals surface area contributed by atoms with Gasteiger partial charge in [0.1, 0.15) is 0 Å². The Morgan fingerprint density at radius 3 is 2.73 bits per heavy atom. The molecule has 0 bridgehead atoms. The quantitative estimate of drug-likeness (QED) is 0.798. The summed E-state index contributed by atoms with van der Waals surface area (Å²) in [6, 6.07) is 4.01. The van der Waals surface area contributed by atoms with Gasteiger partial charge in [-0.15, -0.1) is 0 Å². The third-order valence-corrected chi connectivity index (χ3v) is 2.30. The van der Waals surface area contributed by atoms with Crippen LogP contribution in [-0.2, 0) is 13.0 Å². The molecular formula is C11H14N4. The van der Waals surface area contributed by atoms with Crippen molar-refractivity contribution < 1.29 is 0 Å². The summed E-state index contributed by atoms with van der Waals surface area (Å²) < 4.78 is 2.11. The number of aromatic nitrogens is 3. The molecule has 0 aliphatic carbocycles. The van der Waals surface area contributed by atoms with Crippen molar-refractivity contribution in [3.63, 3.8) is 0 Å². The van der Waals surface area contributed by atoms with Crippen molar-refractivity contribution in [1.82, 2.24) is 14.5 Å². The molecule has 0 spiro atoms. The summed E-state index contributed by atoms with van der Waals surface area (Å²) in [5.41, 5.74) is 7.93. The number of imidazole rings is 1. The first kappa shape index (κ1) is 9.86. The zero-order valence-electron chi connectivity index (χ0n) is 8.50. The molecule has 0 fully saturated rings. The minimum atomic E-state index is 0.655. The highest BCUT2D eigenvalue weighted by Gasteiger charge is 2.01. The Morgan fingerprint density at radius 1 is 1.20 bits per heavy atom. The van der Waals surface area contributed by atoms with Gasteiger partial charge >= 0.3 is 0 Å². The smallest absolute Gasteiger partial charge is 0.0951 e. The molecule has 2 N–H and O–H groups in total. The number of nitrogens with zero attached hydrogens (tertiary/aromatic N) is 3. The average molecular weight is 202 g/mol. The van der Waals surface area contributed by atoms with Gasteiger partial charge in [0.2, 0.25) is 0 Å². The Hall–Kier alpha value is -1.68. The van der Waals surface area contributed by atoms with E-state index in [1.165, 1.54) is 11.3 Å². The molecule has 2 aromatic rings. The van der Waals surface area contributed by atoms with E-state index < -0.39 is 0 Å². The van der Waals surface area contributed by atoms with Crippen LogP contribution in [0.15, 0.2) is 37.1 Å². The molecule has 0 radical (unpaired) electrons. The predicted octanol–water partition coefficient (Wildman–Crippen LogP) is 0.828. The van der Waals surface area contributed by atoms with E-state index in [4.69, 9.17) is 5.73 Å². The van der Waals surface area contributed by atoms with Gasteiger partial charge < -0.3 is 10.3 Å². The fourth-order valence-corrected chi connectivity index (χ4v) is 1.53. The molecule has 0 aliphatic heterocycles. The van der Waals surface area contributed by atoms with Gasteiger partial charge in [-0.2, -0.15) is 0 Å². The summed E-state index contributed by atoms with van der Waals surface area (Å²) >= 11 is 0. The molecule has 15 heavy (non-hydrogen) atoms. The minimum Gasteiger partial charge on any atom is -0.330 e. The molecule has 0 aliphatic rings. The maximum absolute atomic E-state index is 5.53. The maximum atomic E-state index is 5.53. The lowest BCUT2D eigenvalue weighted by molar-refractivity contribution is 0.732. The van der Waals surface area contributed by atoms with Crippen LogP contribution in [0.4, 0.5) is 0 Å². The van der Waals surface area contributed by atoms with Crippen molar-refractivity contribution in [3.8, 4) is 0 Å². The first-order chi connectivity index (χ1) is 7.40. The molecule has 2 aromatic heterocycles. The van der Waals surface area contributed by atoms with Crippen LogP contribution < -0.4 is 5.73 Å². The van der Waals surface area contributed by atoms with Crippen LogP contribution in [0.5, 0.6) is 0 Å². The van der Waals surface area contributed by atoms with Gasteiger partial charge in [0.15, 0.2) is 0 Å². The van der Waals surface area contributed by atoms with Gasteiger partial charge in [-0.05, 0) is 24.2 Å². The Bertz CT molecular complexity index is 408. The molecule has 0 unspecified atom stereocenters. The third kappa shape index (κ3) is 2.41. The van der Waals surface area contributed by atoms with Crippen molar-refractivity contribution in [3.05, 3.63) is 48.3 Å². The number of hydrogen-bond acceptors (Lipinski definition) is 3. The van der Waals surface area contributed by atoms with Gasteiger partial charge in [-0.1, -0.05) is 0 Å². The Kier molecular flexibility index (Phi) is 3.09. The van der Waals surface area contributed by atoms with Crippen molar-refractivity contribution >= 4 is 0 Å². The van der Waals surface area contributed by atoms with Crippen LogP contribution in [-0.4, -0.2) is 21.1 Å². The molecule has 4 heteroatoms. The highest BCUT2D eigenvalue weighted by molar-refractivity contribution is 5.12. The maximum Gasteiger partial charge on any atom is 0.0951 e. The second-order valence-corrected chi connectivity index (χ2v) is 3.41. The van der Waals surface area contributed by atoms with Crippen molar-refractivity contribution in [2.75, 3.05) is 6.54 Å². The summed E-state index contributed by atoms with van der Waals surface area (Å²) in [6.07, 6.45) is 8.17. The molecule has 0 saturated carbocycles. The van der Waals surface area contributed by atoms with E-state index in [-0.39, 0.29) is 0 Å². The van der Waals surface area contributed by atoms with E-state index in [2.05, 4.69) is 14.5 Å². The first-order valence-electron chi connectivity index (χ1n) is 4.98. The standard InChI is InChI=1S/C11H14N4/c12-4-1-11-7-14-9-15(11)8-10-2-5-13-6-3-10/h2-3,5-7,9H,1,4,8,12H2. The third-order valence-electron chi connectivity index (χ3n) is 2.30. The Labute approximate surface area is 88.8 Å². The molecule has 0 saturated heterocycles. The number of rotatable bonds is 4. The molecule has 0 aromatic carbocycles. The second-order valence-electron chi connectivity index (χ2n) is 3.41. The van der Waals surface area contributed by atoms with E-state index in [1.807, 2.05) is 24.7 Å². The minimum absolute atomic E-state index is 0.655. The Balaban J connectivity index is 2.14. The van der Waals surface area contributed by atoms with Crippen LogP contribution in [0.3, 0.4) is 0 Å². The van der Waals surface area contributed by atoms with E-state index in [9.17, 15) is 0 Å². The van der Waals surface area contributed by atoms with Gasteiger partial charge in [-0.25, -0.2) is 4.98 Å². The van der Waals surface area contributed by atoms with E-state index in [0.29, 0.717) is 6.54 Å². The largest absolute Gasteiger partial charge is 0.330 e. The monoisotopic (exact) mass is 202 g/mol. The molecule has 2 heterocycles. The highest BCUT2D eigenvalue weighted by atomic mass is 15.0. The van der Waals surface area contributed by atoms with Gasteiger partial charge in [0, 0.05) is 37.3 Å². The van der Waals surface area contributed by atoms with Crippen LogP contribution >= 0.6 is 0 Å². The van der Waals surface area contributed by atoms with Crippen molar-refractivity contribution in [1.29, 1.82) is 0 Å². The molecular weight excluding hydrogens is 188 g/mol.